The van der Waals surface area contributed by atoms with Crippen LogP contribution >= 0.6 is 0 Å². The molecule has 1 aromatic heterocycles. The van der Waals surface area contributed by atoms with Crippen LogP contribution in [0.3, 0.4) is 0 Å². The summed E-state index contributed by atoms with van der Waals surface area (Å²) in [7, 11) is 0. The van der Waals surface area contributed by atoms with Crippen LogP contribution in [0, 0.1) is 11.3 Å². The highest BCUT2D eigenvalue weighted by Crippen LogP contribution is 2.30. The standard InChI is InChI=1S/C14H21N3O/c1-2-10-5-3-4-6-13(10)18-11-7-8-12(14(15)16)17-9-11/h7-10,13H,2-6H2,1H3,(H3,15,16). The Balaban J connectivity index is 2.01. The maximum Gasteiger partial charge on any atom is 0.141 e. The van der Waals surface area contributed by atoms with Crippen LogP contribution in [0.5, 0.6) is 5.75 Å². The zero-order valence-corrected chi connectivity index (χ0v) is 10.9. The van der Waals surface area contributed by atoms with E-state index >= 15 is 0 Å². The fraction of sp³-hybridized carbons (Fsp3) is 0.571. The van der Waals surface area contributed by atoms with Crippen LogP contribution in [0.15, 0.2) is 18.3 Å². The van der Waals surface area contributed by atoms with Gasteiger partial charge in [0.1, 0.15) is 23.4 Å². The van der Waals surface area contributed by atoms with Crippen LogP contribution < -0.4 is 10.5 Å². The third kappa shape index (κ3) is 3.00. The second-order valence-electron chi connectivity index (χ2n) is 4.90. The number of rotatable bonds is 4. The number of nitrogens with zero attached hydrogens (tertiary/aromatic N) is 1. The lowest BCUT2D eigenvalue weighted by molar-refractivity contribution is 0.0900. The lowest BCUT2D eigenvalue weighted by Gasteiger charge is -2.31. The third-order valence-corrected chi connectivity index (χ3v) is 3.66. The highest BCUT2D eigenvalue weighted by Gasteiger charge is 2.25. The van der Waals surface area contributed by atoms with Crippen molar-refractivity contribution in [2.45, 2.75) is 45.1 Å². The van der Waals surface area contributed by atoms with Gasteiger partial charge in [0.05, 0.1) is 6.20 Å². The van der Waals surface area contributed by atoms with Crippen molar-refractivity contribution in [2.75, 3.05) is 0 Å². The second kappa shape index (κ2) is 5.85. The summed E-state index contributed by atoms with van der Waals surface area (Å²) in [6.07, 6.45) is 8.11. The maximum absolute atomic E-state index is 7.30. The van der Waals surface area contributed by atoms with E-state index in [2.05, 4.69) is 11.9 Å². The zero-order chi connectivity index (χ0) is 13.0. The summed E-state index contributed by atoms with van der Waals surface area (Å²) in [5.41, 5.74) is 5.87. The van der Waals surface area contributed by atoms with E-state index in [4.69, 9.17) is 15.9 Å². The van der Waals surface area contributed by atoms with Crippen molar-refractivity contribution in [3.8, 4) is 5.75 Å². The summed E-state index contributed by atoms with van der Waals surface area (Å²) in [6, 6.07) is 3.59. The SMILES string of the molecule is CCC1CCCCC1Oc1ccc(C(=N)N)nc1. The summed E-state index contributed by atoms with van der Waals surface area (Å²) in [4.78, 5) is 4.12. The van der Waals surface area contributed by atoms with E-state index in [-0.39, 0.29) is 5.84 Å². The van der Waals surface area contributed by atoms with Gasteiger partial charge >= 0.3 is 0 Å². The molecule has 0 aromatic carbocycles. The topological polar surface area (TPSA) is 72.0 Å². The molecular weight excluding hydrogens is 226 g/mol. The van der Waals surface area contributed by atoms with Gasteiger partial charge in [0.25, 0.3) is 0 Å². The lowest BCUT2D eigenvalue weighted by atomic mass is 9.85. The first-order valence-electron chi connectivity index (χ1n) is 6.67. The highest BCUT2D eigenvalue weighted by molar-refractivity contribution is 5.92. The van der Waals surface area contributed by atoms with Crippen molar-refractivity contribution in [3.63, 3.8) is 0 Å². The van der Waals surface area contributed by atoms with Gasteiger partial charge in [-0.1, -0.05) is 13.3 Å². The van der Waals surface area contributed by atoms with E-state index in [1.54, 1.807) is 12.3 Å². The number of hydrogen-bond acceptors (Lipinski definition) is 3. The molecule has 2 atom stereocenters. The number of aromatic nitrogens is 1. The van der Waals surface area contributed by atoms with Crippen molar-refractivity contribution in [1.82, 2.24) is 4.98 Å². The van der Waals surface area contributed by atoms with Crippen molar-refractivity contribution in [2.24, 2.45) is 11.7 Å². The molecule has 4 heteroatoms. The number of ether oxygens (including phenoxy) is 1. The highest BCUT2D eigenvalue weighted by atomic mass is 16.5. The van der Waals surface area contributed by atoms with E-state index in [1.807, 2.05) is 6.07 Å². The number of pyridine rings is 1. The van der Waals surface area contributed by atoms with Crippen LogP contribution in [0.4, 0.5) is 0 Å². The van der Waals surface area contributed by atoms with Gasteiger partial charge in [-0.05, 0) is 43.7 Å². The molecule has 1 saturated carbocycles. The molecule has 0 bridgehead atoms. The fourth-order valence-electron chi connectivity index (χ4n) is 2.58. The van der Waals surface area contributed by atoms with E-state index in [9.17, 15) is 0 Å². The van der Waals surface area contributed by atoms with Crippen LogP contribution in [-0.2, 0) is 0 Å². The molecule has 1 aliphatic rings. The Hall–Kier alpha value is -1.58. The molecule has 2 rings (SSSR count). The second-order valence-corrected chi connectivity index (χ2v) is 4.90. The maximum atomic E-state index is 7.30. The number of amidine groups is 1. The first kappa shape index (κ1) is 12.9. The molecule has 0 saturated heterocycles. The normalized spacial score (nSPS) is 23.6. The Labute approximate surface area is 108 Å². The summed E-state index contributed by atoms with van der Waals surface area (Å²) >= 11 is 0. The van der Waals surface area contributed by atoms with Crippen molar-refractivity contribution in [3.05, 3.63) is 24.0 Å². The van der Waals surface area contributed by atoms with Gasteiger partial charge in [0.2, 0.25) is 0 Å². The van der Waals surface area contributed by atoms with Crippen molar-refractivity contribution in [1.29, 1.82) is 5.41 Å². The smallest absolute Gasteiger partial charge is 0.141 e. The summed E-state index contributed by atoms with van der Waals surface area (Å²) < 4.78 is 6.02. The minimum absolute atomic E-state index is 0.00866. The molecule has 0 aliphatic heterocycles. The first-order chi connectivity index (χ1) is 8.70. The quantitative estimate of drug-likeness (QED) is 0.634. The van der Waals surface area contributed by atoms with Gasteiger partial charge in [-0.25, -0.2) is 4.98 Å². The molecule has 18 heavy (non-hydrogen) atoms. The molecular formula is C14H21N3O. The van der Waals surface area contributed by atoms with Crippen molar-refractivity contribution >= 4 is 5.84 Å². The number of nitrogens with one attached hydrogen (secondary N) is 1. The summed E-state index contributed by atoms with van der Waals surface area (Å²) in [5, 5.41) is 7.30. The Morgan fingerprint density at radius 1 is 1.44 bits per heavy atom. The summed E-state index contributed by atoms with van der Waals surface area (Å²) in [6.45, 7) is 2.23. The van der Waals surface area contributed by atoms with Gasteiger partial charge in [0.15, 0.2) is 0 Å². The summed E-state index contributed by atoms with van der Waals surface area (Å²) in [5.74, 6) is 1.43. The minimum Gasteiger partial charge on any atom is -0.489 e. The van der Waals surface area contributed by atoms with Crippen LogP contribution in [0.25, 0.3) is 0 Å². The van der Waals surface area contributed by atoms with Crippen LogP contribution in [-0.4, -0.2) is 16.9 Å². The molecule has 4 nitrogen and oxygen atoms in total. The zero-order valence-electron chi connectivity index (χ0n) is 10.9. The molecule has 1 heterocycles. The Kier molecular flexibility index (Phi) is 4.18. The molecule has 0 spiro atoms. The van der Waals surface area contributed by atoms with Crippen LogP contribution in [0.1, 0.15) is 44.7 Å². The average Bonchev–Trinajstić information content (AvgIpc) is 2.40. The first-order valence-corrected chi connectivity index (χ1v) is 6.67. The lowest BCUT2D eigenvalue weighted by Crippen LogP contribution is -2.30. The van der Waals surface area contributed by atoms with E-state index in [1.165, 1.54) is 25.7 Å². The molecule has 0 amide bonds. The number of nitrogens with two attached hydrogens (primary N) is 1. The van der Waals surface area contributed by atoms with Crippen LogP contribution in [0.2, 0.25) is 0 Å². The number of hydrogen-bond donors (Lipinski definition) is 2. The molecule has 1 fully saturated rings. The molecule has 0 radical (unpaired) electrons. The monoisotopic (exact) mass is 247 g/mol. The molecule has 1 aromatic rings. The van der Waals surface area contributed by atoms with Gasteiger partial charge in [-0.3, -0.25) is 5.41 Å². The van der Waals surface area contributed by atoms with Gasteiger partial charge in [-0.15, -0.1) is 0 Å². The predicted molar refractivity (Wildman–Crippen MR) is 71.9 cm³/mol. The largest absolute Gasteiger partial charge is 0.489 e. The molecule has 98 valence electrons. The Bertz CT molecular complexity index is 402. The average molecular weight is 247 g/mol. The third-order valence-electron chi connectivity index (χ3n) is 3.66. The van der Waals surface area contributed by atoms with Gasteiger partial charge in [-0.2, -0.15) is 0 Å². The Morgan fingerprint density at radius 3 is 2.83 bits per heavy atom. The number of nitrogen functional groups attached to an aromatic ring is 1. The van der Waals surface area contributed by atoms with Gasteiger partial charge in [0, 0.05) is 0 Å². The van der Waals surface area contributed by atoms with E-state index < -0.39 is 0 Å². The van der Waals surface area contributed by atoms with Gasteiger partial charge < -0.3 is 10.5 Å². The molecule has 1 aliphatic carbocycles. The minimum atomic E-state index is -0.00866. The van der Waals surface area contributed by atoms with Crippen molar-refractivity contribution < 1.29 is 4.74 Å². The van der Waals surface area contributed by atoms with E-state index in [0.29, 0.717) is 17.7 Å². The predicted octanol–water partition coefficient (Wildman–Crippen LogP) is 2.71. The Morgan fingerprint density at radius 2 is 2.22 bits per heavy atom. The molecule has 2 unspecified atom stereocenters. The van der Waals surface area contributed by atoms with E-state index in [0.717, 1.165) is 12.2 Å². The molecule has 3 N–H and O–H groups in total. The fourth-order valence-corrected chi connectivity index (χ4v) is 2.58.